The van der Waals surface area contributed by atoms with Gasteiger partial charge in [-0.3, -0.25) is 0 Å². The standard InChI is InChI=1S/C13H20N2O4S/c1-3-9(4-2)8-15-20(18,19)12-6-5-10(13(16)17)7-11(12)14/h5-7,9,15H,3-4,8,14H2,1-2H3,(H,16,17). The second-order valence-corrected chi connectivity index (χ2v) is 6.33. The molecule has 0 atom stereocenters. The van der Waals surface area contributed by atoms with Gasteiger partial charge >= 0.3 is 5.97 Å². The van der Waals surface area contributed by atoms with Crippen molar-refractivity contribution in [2.24, 2.45) is 5.92 Å². The molecule has 6 nitrogen and oxygen atoms in total. The maximum absolute atomic E-state index is 12.1. The summed E-state index contributed by atoms with van der Waals surface area (Å²) in [4.78, 5) is 10.7. The Morgan fingerprint density at radius 2 is 1.95 bits per heavy atom. The van der Waals surface area contributed by atoms with E-state index in [0.29, 0.717) is 6.54 Å². The number of carbonyl (C=O) groups is 1. The second kappa shape index (κ2) is 6.71. The summed E-state index contributed by atoms with van der Waals surface area (Å²) in [6, 6.07) is 3.59. The number of anilines is 1. The fraction of sp³-hybridized carbons (Fsp3) is 0.462. The lowest BCUT2D eigenvalue weighted by Gasteiger charge is -2.14. The molecule has 0 amide bonds. The van der Waals surface area contributed by atoms with E-state index in [2.05, 4.69) is 4.72 Å². The van der Waals surface area contributed by atoms with Gasteiger partial charge in [0.1, 0.15) is 4.90 Å². The van der Waals surface area contributed by atoms with Crippen molar-refractivity contribution in [2.75, 3.05) is 12.3 Å². The number of aromatic carboxylic acids is 1. The maximum atomic E-state index is 12.1. The summed E-state index contributed by atoms with van der Waals surface area (Å²) in [5.41, 5.74) is 5.53. The normalized spacial score (nSPS) is 11.8. The highest BCUT2D eigenvalue weighted by atomic mass is 32.2. The van der Waals surface area contributed by atoms with E-state index >= 15 is 0 Å². The largest absolute Gasteiger partial charge is 0.478 e. The zero-order chi connectivity index (χ0) is 15.3. The molecule has 0 saturated heterocycles. The minimum absolute atomic E-state index is 0.0403. The van der Waals surface area contributed by atoms with Gasteiger partial charge in [-0.2, -0.15) is 0 Å². The summed E-state index contributed by atoms with van der Waals surface area (Å²) >= 11 is 0. The van der Waals surface area contributed by atoms with Gasteiger partial charge in [-0.1, -0.05) is 26.7 Å². The minimum Gasteiger partial charge on any atom is -0.478 e. The van der Waals surface area contributed by atoms with Crippen molar-refractivity contribution < 1.29 is 18.3 Å². The Hall–Kier alpha value is -1.60. The summed E-state index contributed by atoms with van der Waals surface area (Å²) in [6.45, 7) is 4.34. The fourth-order valence-electron chi connectivity index (χ4n) is 1.81. The number of nitrogen functional groups attached to an aromatic ring is 1. The lowest BCUT2D eigenvalue weighted by Crippen LogP contribution is -2.29. The fourth-order valence-corrected chi connectivity index (χ4v) is 3.04. The highest BCUT2D eigenvalue weighted by molar-refractivity contribution is 7.89. The van der Waals surface area contributed by atoms with Crippen LogP contribution in [0.4, 0.5) is 5.69 Å². The molecule has 0 aromatic heterocycles. The van der Waals surface area contributed by atoms with Gasteiger partial charge in [0, 0.05) is 6.54 Å². The van der Waals surface area contributed by atoms with Gasteiger partial charge in [0.15, 0.2) is 0 Å². The van der Waals surface area contributed by atoms with Crippen LogP contribution in [0, 0.1) is 5.92 Å². The average molecular weight is 300 g/mol. The van der Waals surface area contributed by atoms with Crippen molar-refractivity contribution in [3.8, 4) is 0 Å². The number of nitrogens with one attached hydrogen (secondary N) is 1. The summed E-state index contributed by atoms with van der Waals surface area (Å²) in [5.74, 6) is -0.880. The number of carboxylic acid groups (broad SMARTS) is 1. The predicted octanol–water partition coefficient (Wildman–Crippen LogP) is 1.68. The van der Waals surface area contributed by atoms with Crippen LogP contribution in [0.15, 0.2) is 23.1 Å². The van der Waals surface area contributed by atoms with Crippen LogP contribution in [-0.2, 0) is 10.0 Å². The van der Waals surface area contributed by atoms with E-state index in [4.69, 9.17) is 10.8 Å². The first kappa shape index (κ1) is 16.5. The molecule has 0 spiro atoms. The van der Waals surface area contributed by atoms with E-state index in [1.54, 1.807) is 0 Å². The van der Waals surface area contributed by atoms with Crippen LogP contribution in [0.25, 0.3) is 0 Å². The first-order chi connectivity index (χ1) is 9.31. The Balaban J connectivity index is 2.95. The van der Waals surface area contributed by atoms with Crippen LogP contribution in [0.2, 0.25) is 0 Å². The van der Waals surface area contributed by atoms with E-state index < -0.39 is 16.0 Å². The molecule has 0 unspecified atom stereocenters. The number of rotatable bonds is 7. The number of hydrogen-bond acceptors (Lipinski definition) is 4. The van der Waals surface area contributed by atoms with E-state index in [1.165, 1.54) is 12.1 Å². The molecule has 1 aromatic rings. The summed E-state index contributed by atoms with van der Waals surface area (Å²) in [7, 11) is -3.72. The van der Waals surface area contributed by atoms with Gasteiger partial charge in [-0.25, -0.2) is 17.9 Å². The van der Waals surface area contributed by atoms with E-state index in [0.717, 1.165) is 18.9 Å². The van der Waals surface area contributed by atoms with Gasteiger partial charge < -0.3 is 10.8 Å². The van der Waals surface area contributed by atoms with Crippen LogP contribution in [-0.4, -0.2) is 26.0 Å². The third kappa shape index (κ3) is 3.94. The van der Waals surface area contributed by atoms with E-state index in [-0.39, 0.29) is 22.1 Å². The molecule has 4 N–H and O–H groups in total. The quantitative estimate of drug-likeness (QED) is 0.664. The van der Waals surface area contributed by atoms with Gasteiger partial charge in [0.25, 0.3) is 0 Å². The number of carboxylic acids is 1. The molecule has 0 fully saturated rings. The van der Waals surface area contributed by atoms with Crippen LogP contribution in [0.3, 0.4) is 0 Å². The molecule has 7 heteroatoms. The maximum Gasteiger partial charge on any atom is 0.335 e. The average Bonchev–Trinajstić information content (AvgIpc) is 2.39. The Labute approximate surface area is 119 Å². The van der Waals surface area contributed by atoms with Crippen molar-refractivity contribution in [1.29, 1.82) is 0 Å². The highest BCUT2D eigenvalue weighted by Crippen LogP contribution is 2.20. The minimum atomic E-state index is -3.72. The summed E-state index contributed by atoms with van der Waals surface area (Å²) in [6.07, 6.45) is 1.76. The first-order valence-electron chi connectivity index (χ1n) is 6.44. The number of benzene rings is 1. The van der Waals surface area contributed by atoms with Crippen molar-refractivity contribution in [3.05, 3.63) is 23.8 Å². The lowest BCUT2D eigenvalue weighted by atomic mass is 10.0. The molecule has 20 heavy (non-hydrogen) atoms. The predicted molar refractivity (Wildman–Crippen MR) is 77.1 cm³/mol. The molecule has 0 aliphatic heterocycles. The van der Waals surface area contributed by atoms with Gasteiger partial charge in [-0.05, 0) is 24.1 Å². The Morgan fingerprint density at radius 1 is 1.35 bits per heavy atom. The van der Waals surface area contributed by atoms with Crippen LogP contribution in [0.1, 0.15) is 37.0 Å². The second-order valence-electron chi connectivity index (χ2n) is 4.59. The van der Waals surface area contributed by atoms with E-state index in [9.17, 15) is 13.2 Å². The smallest absolute Gasteiger partial charge is 0.335 e. The third-order valence-corrected chi connectivity index (χ3v) is 4.76. The number of nitrogens with two attached hydrogens (primary N) is 1. The monoisotopic (exact) mass is 300 g/mol. The molecular weight excluding hydrogens is 280 g/mol. The van der Waals surface area contributed by atoms with Gasteiger partial charge in [0.05, 0.1) is 11.3 Å². The molecule has 112 valence electrons. The molecule has 1 aromatic carbocycles. The summed E-state index contributed by atoms with van der Waals surface area (Å²) < 4.78 is 26.8. The molecule has 0 heterocycles. The first-order valence-corrected chi connectivity index (χ1v) is 7.92. The molecule has 0 bridgehead atoms. The zero-order valence-corrected chi connectivity index (χ0v) is 12.4. The third-order valence-electron chi connectivity index (χ3n) is 3.26. The number of sulfonamides is 1. The van der Waals surface area contributed by atoms with Crippen molar-refractivity contribution in [1.82, 2.24) is 4.72 Å². The van der Waals surface area contributed by atoms with Crippen LogP contribution >= 0.6 is 0 Å². The molecular formula is C13H20N2O4S. The molecule has 1 rings (SSSR count). The Morgan fingerprint density at radius 3 is 2.40 bits per heavy atom. The van der Waals surface area contributed by atoms with Crippen molar-refractivity contribution in [3.63, 3.8) is 0 Å². The van der Waals surface area contributed by atoms with Crippen LogP contribution < -0.4 is 10.5 Å². The van der Waals surface area contributed by atoms with Crippen molar-refractivity contribution in [2.45, 2.75) is 31.6 Å². The SMILES string of the molecule is CCC(CC)CNS(=O)(=O)c1ccc(C(=O)O)cc1N. The Kier molecular flexibility index (Phi) is 5.52. The summed E-state index contributed by atoms with van der Waals surface area (Å²) in [5, 5.41) is 8.82. The molecule has 0 saturated carbocycles. The lowest BCUT2D eigenvalue weighted by molar-refractivity contribution is 0.0697. The highest BCUT2D eigenvalue weighted by Gasteiger charge is 2.19. The topological polar surface area (TPSA) is 109 Å². The van der Waals surface area contributed by atoms with Gasteiger partial charge in [-0.15, -0.1) is 0 Å². The van der Waals surface area contributed by atoms with Crippen molar-refractivity contribution >= 4 is 21.7 Å². The van der Waals surface area contributed by atoms with Gasteiger partial charge in [0.2, 0.25) is 10.0 Å². The molecule has 0 aliphatic rings. The van der Waals surface area contributed by atoms with Crippen LogP contribution in [0.5, 0.6) is 0 Å². The number of hydrogen-bond donors (Lipinski definition) is 3. The molecule has 0 radical (unpaired) electrons. The Bertz CT molecular complexity index is 580. The van der Waals surface area contributed by atoms with E-state index in [1.807, 2.05) is 13.8 Å². The zero-order valence-electron chi connectivity index (χ0n) is 11.6. The molecule has 0 aliphatic carbocycles.